The molecule has 0 spiro atoms. The summed E-state index contributed by atoms with van der Waals surface area (Å²) in [5, 5.41) is 8.98. The molecule has 1 aromatic carbocycles. The first-order valence-corrected chi connectivity index (χ1v) is 4.27. The molecule has 1 aliphatic rings. The number of anilines is 1. The van der Waals surface area contributed by atoms with Gasteiger partial charge in [-0.15, -0.1) is 0 Å². The van der Waals surface area contributed by atoms with Crippen molar-refractivity contribution in [2.45, 2.75) is 12.8 Å². The lowest BCUT2D eigenvalue weighted by Gasteiger charge is -2.00. The van der Waals surface area contributed by atoms with Crippen molar-refractivity contribution < 1.29 is 5.11 Å². The lowest BCUT2D eigenvalue weighted by atomic mass is 10.1. The molecule has 2 rings (SSSR count). The molecule has 0 saturated heterocycles. The van der Waals surface area contributed by atoms with Crippen LogP contribution in [0.4, 0.5) is 5.69 Å². The second-order valence-electron chi connectivity index (χ2n) is 3.48. The molecule has 0 aromatic heterocycles. The second kappa shape index (κ2) is 2.79. The molecule has 1 atom stereocenters. The van der Waals surface area contributed by atoms with Crippen LogP contribution in [0.25, 0.3) is 0 Å². The fourth-order valence-electron chi connectivity index (χ4n) is 1.86. The summed E-state index contributed by atoms with van der Waals surface area (Å²) >= 11 is 0. The van der Waals surface area contributed by atoms with E-state index >= 15 is 0 Å². The Morgan fingerprint density at radius 2 is 2.08 bits per heavy atom. The van der Waals surface area contributed by atoms with E-state index < -0.39 is 0 Å². The molecule has 12 heavy (non-hydrogen) atoms. The molecular weight excluding hydrogens is 150 g/mol. The van der Waals surface area contributed by atoms with Gasteiger partial charge in [0.1, 0.15) is 0 Å². The summed E-state index contributed by atoms with van der Waals surface area (Å²) in [6.45, 7) is 0.286. The summed E-state index contributed by atoms with van der Waals surface area (Å²) in [6.07, 6.45) is 1.99. The predicted octanol–water partition coefficient (Wildman–Crippen LogP) is 0.976. The first-order chi connectivity index (χ1) is 5.79. The van der Waals surface area contributed by atoms with Gasteiger partial charge in [0.25, 0.3) is 0 Å². The van der Waals surface area contributed by atoms with Crippen molar-refractivity contribution >= 4 is 5.69 Å². The van der Waals surface area contributed by atoms with Crippen LogP contribution >= 0.6 is 0 Å². The highest BCUT2D eigenvalue weighted by atomic mass is 16.3. The molecule has 0 fully saturated rings. The molecule has 0 heterocycles. The molecule has 1 unspecified atom stereocenters. The van der Waals surface area contributed by atoms with E-state index in [-0.39, 0.29) is 6.61 Å². The number of hydrogen-bond donors (Lipinski definition) is 2. The summed E-state index contributed by atoms with van der Waals surface area (Å²) in [4.78, 5) is 0. The first-order valence-electron chi connectivity index (χ1n) is 4.27. The third kappa shape index (κ3) is 1.18. The largest absolute Gasteiger partial charge is 0.399 e. The molecular formula is C10H13NO. The minimum atomic E-state index is 0.286. The van der Waals surface area contributed by atoms with Crippen LogP contribution in [0.3, 0.4) is 0 Å². The van der Waals surface area contributed by atoms with Crippen LogP contribution < -0.4 is 5.73 Å². The molecule has 0 saturated carbocycles. The molecule has 1 aliphatic carbocycles. The Balaban J connectivity index is 2.30. The van der Waals surface area contributed by atoms with Gasteiger partial charge in [0.05, 0.1) is 0 Å². The van der Waals surface area contributed by atoms with Crippen molar-refractivity contribution in [3.8, 4) is 0 Å². The average molecular weight is 163 g/mol. The molecule has 1 aromatic rings. The zero-order valence-corrected chi connectivity index (χ0v) is 6.96. The van der Waals surface area contributed by atoms with Gasteiger partial charge >= 0.3 is 0 Å². The molecule has 3 N–H and O–H groups in total. The molecule has 2 nitrogen and oxygen atoms in total. The predicted molar refractivity (Wildman–Crippen MR) is 48.8 cm³/mol. The van der Waals surface area contributed by atoms with Gasteiger partial charge in [0.15, 0.2) is 0 Å². The van der Waals surface area contributed by atoms with Crippen LogP contribution in [0.5, 0.6) is 0 Å². The van der Waals surface area contributed by atoms with E-state index in [0.29, 0.717) is 5.92 Å². The van der Waals surface area contributed by atoms with Crippen LogP contribution in [0, 0.1) is 5.92 Å². The number of benzene rings is 1. The second-order valence-corrected chi connectivity index (χ2v) is 3.48. The third-order valence-corrected chi connectivity index (χ3v) is 2.51. The minimum absolute atomic E-state index is 0.286. The maximum absolute atomic E-state index is 8.98. The van der Waals surface area contributed by atoms with Gasteiger partial charge < -0.3 is 10.8 Å². The summed E-state index contributed by atoms with van der Waals surface area (Å²) in [6, 6.07) is 6.02. The fourth-order valence-corrected chi connectivity index (χ4v) is 1.86. The highest BCUT2D eigenvalue weighted by molar-refractivity contribution is 5.46. The number of nitrogen functional groups attached to an aromatic ring is 1. The van der Waals surface area contributed by atoms with Gasteiger partial charge in [0, 0.05) is 12.3 Å². The Hall–Kier alpha value is -1.02. The maximum Gasteiger partial charge on any atom is 0.0465 e. The first kappa shape index (κ1) is 7.62. The smallest absolute Gasteiger partial charge is 0.0465 e. The Morgan fingerprint density at radius 1 is 1.33 bits per heavy atom. The van der Waals surface area contributed by atoms with Crippen molar-refractivity contribution in [2.24, 2.45) is 5.92 Å². The molecule has 0 amide bonds. The van der Waals surface area contributed by atoms with E-state index in [1.807, 2.05) is 12.1 Å². The number of fused-ring (bicyclic) bond motifs is 1. The number of nitrogens with two attached hydrogens (primary N) is 1. The van der Waals surface area contributed by atoms with Crippen LogP contribution in [0.15, 0.2) is 18.2 Å². The van der Waals surface area contributed by atoms with E-state index in [0.717, 1.165) is 18.5 Å². The Kier molecular flexibility index (Phi) is 1.77. The molecule has 0 bridgehead atoms. The molecule has 64 valence electrons. The summed E-state index contributed by atoms with van der Waals surface area (Å²) in [5.74, 6) is 0.418. The Morgan fingerprint density at radius 3 is 2.83 bits per heavy atom. The Bertz CT molecular complexity index is 296. The lowest BCUT2D eigenvalue weighted by Crippen LogP contribution is -2.04. The molecule has 0 radical (unpaired) electrons. The maximum atomic E-state index is 8.98. The van der Waals surface area contributed by atoms with Gasteiger partial charge in [-0.25, -0.2) is 0 Å². The quantitative estimate of drug-likeness (QED) is 0.606. The zero-order valence-electron chi connectivity index (χ0n) is 6.96. The minimum Gasteiger partial charge on any atom is -0.399 e. The highest BCUT2D eigenvalue weighted by Gasteiger charge is 2.20. The van der Waals surface area contributed by atoms with Crippen molar-refractivity contribution in [3.63, 3.8) is 0 Å². The SMILES string of the molecule is Nc1ccc2c(c1)CC(CO)C2. The summed E-state index contributed by atoms with van der Waals surface area (Å²) in [7, 11) is 0. The summed E-state index contributed by atoms with van der Waals surface area (Å²) < 4.78 is 0. The monoisotopic (exact) mass is 163 g/mol. The standard InChI is InChI=1S/C10H13NO/c11-10-2-1-8-3-7(6-12)4-9(8)5-10/h1-2,5,7,12H,3-4,6,11H2. The van der Waals surface area contributed by atoms with Crippen LogP contribution in [-0.2, 0) is 12.8 Å². The Labute approximate surface area is 72.0 Å². The zero-order chi connectivity index (χ0) is 8.55. The summed E-state index contributed by atoms with van der Waals surface area (Å²) in [5.41, 5.74) is 9.15. The van der Waals surface area contributed by atoms with E-state index in [1.165, 1.54) is 11.1 Å². The fraction of sp³-hybridized carbons (Fsp3) is 0.400. The van der Waals surface area contributed by atoms with Crippen LogP contribution in [0.2, 0.25) is 0 Å². The average Bonchev–Trinajstić information content (AvgIpc) is 2.46. The van der Waals surface area contributed by atoms with E-state index in [9.17, 15) is 0 Å². The van der Waals surface area contributed by atoms with E-state index in [1.54, 1.807) is 0 Å². The number of hydrogen-bond acceptors (Lipinski definition) is 2. The van der Waals surface area contributed by atoms with E-state index in [2.05, 4.69) is 6.07 Å². The lowest BCUT2D eigenvalue weighted by molar-refractivity contribution is 0.232. The topological polar surface area (TPSA) is 46.2 Å². The number of aliphatic hydroxyl groups excluding tert-OH is 1. The van der Waals surface area contributed by atoms with Gasteiger partial charge in [-0.3, -0.25) is 0 Å². The van der Waals surface area contributed by atoms with Crippen molar-refractivity contribution in [1.29, 1.82) is 0 Å². The highest BCUT2D eigenvalue weighted by Crippen LogP contribution is 2.27. The van der Waals surface area contributed by atoms with Crippen LogP contribution in [-0.4, -0.2) is 11.7 Å². The normalized spacial score (nSPS) is 20.9. The molecule has 0 aliphatic heterocycles. The third-order valence-electron chi connectivity index (χ3n) is 2.51. The van der Waals surface area contributed by atoms with Crippen molar-refractivity contribution in [3.05, 3.63) is 29.3 Å². The van der Waals surface area contributed by atoms with Crippen LogP contribution in [0.1, 0.15) is 11.1 Å². The van der Waals surface area contributed by atoms with Crippen molar-refractivity contribution in [1.82, 2.24) is 0 Å². The number of aliphatic hydroxyl groups is 1. The van der Waals surface area contributed by atoms with Gasteiger partial charge in [0.2, 0.25) is 0 Å². The van der Waals surface area contributed by atoms with Crippen molar-refractivity contribution in [2.75, 3.05) is 12.3 Å². The van der Waals surface area contributed by atoms with Gasteiger partial charge in [-0.05, 0) is 42.0 Å². The van der Waals surface area contributed by atoms with E-state index in [4.69, 9.17) is 10.8 Å². The molecule has 2 heteroatoms. The number of rotatable bonds is 1. The van der Waals surface area contributed by atoms with Gasteiger partial charge in [-0.2, -0.15) is 0 Å². The van der Waals surface area contributed by atoms with Gasteiger partial charge in [-0.1, -0.05) is 6.07 Å².